The Balaban J connectivity index is 2.04. The minimum Gasteiger partial charge on any atom is -0.439 e. The van der Waals surface area contributed by atoms with E-state index in [2.05, 4.69) is 11.1 Å². The van der Waals surface area contributed by atoms with E-state index in [4.69, 9.17) is 15.2 Å². The molecule has 0 aliphatic heterocycles. The number of hydrogen-bond donors (Lipinski definition) is 1. The summed E-state index contributed by atoms with van der Waals surface area (Å²) in [4.78, 5) is 4.37. The van der Waals surface area contributed by atoms with Crippen LogP contribution in [0.25, 0.3) is 0 Å². The Morgan fingerprint density at radius 2 is 1.86 bits per heavy atom. The first-order valence-electron chi connectivity index (χ1n) is 7.14. The van der Waals surface area contributed by atoms with Crippen molar-refractivity contribution in [2.45, 2.75) is 19.8 Å². The van der Waals surface area contributed by atoms with E-state index in [9.17, 15) is 0 Å². The summed E-state index contributed by atoms with van der Waals surface area (Å²) in [5.41, 5.74) is 8.94. The smallest absolute Gasteiger partial charge is 0.222 e. The van der Waals surface area contributed by atoms with Crippen LogP contribution in [-0.2, 0) is 17.6 Å². The number of ether oxygens (including phenoxy) is 2. The zero-order valence-electron chi connectivity index (χ0n) is 12.6. The van der Waals surface area contributed by atoms with Gasteiger partial charge in [-0.15, -0.1) is 0 Å². The lowest BCUT2D eigenvalue weighted by Crippen LogP contribution is -2.03. The first-order chi connectivity index (χ1) is 10.2. The highest BCUT2D eigenvalue weighted by molar-refractivity contribution is 5.35. The quantitative estimate of drug-likeness (QED) is 0.850. The summed E-state index contributed by atoms with van der Waals surface area (Å²) in [5, 5.41) is 0. The maximum absolute atomic E-state index is 5.83. The van der Waals surface area contributed by atoms with E-state index in [-0.39, 0.29) is 0 Å². The van der Waals surface area contributed by atoms with Crippen molar-refractivity contribution in [2.24, 2.45) is 5.73 Å². The van der Waals surface area contributed by atoms with E-state index in [1.54, 1.807) is 7.11 Å². The van der Waals surface area contributed by atoms with E-state index < -0.39 is 0 Å². The fourth-order valence-corrected chi connectivity index (χ4v) is 2.09. The lowest BCUT2D eigenvalue weighted by molar-refractivity contribution is 0.202. The van der Waals surface area contributed by atoms with E-state index in [0.717, 1.165) is 36.3 Å². The third-order valence-electron chi connectivity index (χ3n) is 3.25. The van der Waals surface area contributed by atoms with Crippen LogP contribution < -0.4 is 10.5 Å². The fourth-order valence-electron chi connectivity index (χ4n) is 2.09. The summed E-state index contributed by atoms with van der Waals surface area (Å²) in [6.07, 6.45) is 3.56. The van der Waals surface area contributed by atoms with Crippen molar-refractivity contribution in [3.05, 3.63) is 53.2 Å². The molecule has 0 spiro atoms. The average Bonchev–Trinajstić information content (AvgIpc) is 2.49. The molecule has 0 aliphatic rings. The number of benzene rings is 1. The Labute approximate surface area is 125 Å². The largest absolute Gasteiger partial charge is 0.439 e. The van der Waals surface area contributed by atoms with Gasteiger partial charge in [-0.2, -0.15) is 0 Å². The Morgan fingerprint density at radius 1 is 1.10 bits per heavy atom. The lowest BCUT2D eigenvalue weighted by Gasteiger charge is -2.09. The second-order valence-electron chi connectivity index (χ2n) is 4.99. The Kier molecular flexibility index (Phi) is 5.72. The number of methoxy groups -OCH3 is 1. The van der Waals surface area contributed by atoms with Gasteiger partial charge in [0.25, 0.3) is 0 Å². The van der Waals surface area contributed by atoms with Crippen molar-refractivity contribution in [3.63, 3.8) is 0 Å². The highest BCUT2D eigenvalue weighted by Gasteiger charge is 2.05. The van der Waals surface area contributed by atoms with Crippen LogP contribution in [-0.4, -0.2) is 25.2 Å². The van der Waals surface area contributed by atoms with Crippen LogP contribution >= 0.6 is 0 Å². The highest BCUT2D eigenvalue weighted by Crippen LogP contribution is 2.23. The van der Waals surface area contributed by atoms with Gasteiger partial charge in [-0.1, -0.05) is 12.1 Å². The molecule has 2 N–H and O–H groups in total. The molecule has 0 radical (unpaired) electrons. The number of pyridine rings is 1. The topological polar surface area (TPSA) is 57.4 Å². The van der Waals surface area contributed by atoms with E-state index in [1.807, 2.05) is 37.4 Å². The van der Waals surface area contributed by atoms with Crippen LogP contribution in [0.1, 0.15) is 16.7 Å². The molecule has 1 aromatic heterocycles. The zero-order chi connectivity index (χ0) is 15.1. The van der Waals surface area contributed by atoms with Gasteiger partial charge in [0.05, 0.1) is 6.61 Å². The summed E-state index contributed by atoms with van der Waals surface area (Å²) in [6, 6.07) is 10.1. The van der Waals surface area contributed by atoms with Crippen molar-refractivity contribution in [3.8, 4) is 11.6 Å². The number of nitrogens with zero attached hydrogens (tertiary/aromatic N) is 1. The maximum atomic E-state index is 5.83. The van der Waals surface area contributed by atoms with Crippen LogP contribution in [0.2, 0.25) is 0 Å². The SMILES string of the molecule is COCCc1ccc(Oc2ncc(CCN)cc2C)cc1. The molecule has 0 amide bonds. The molecule has 112 valence electrons. The molecule has 4 nitrogen and oxygen atoms in total. The molecular formula is C17H22N2O2. The minimum atomic E-state index is 0.629. The number of aromatic nitrogens is 1. The van der Waals surface area contributed by atoms with E-state index in [0.29, 0.717) is 12.4 Å². The van der Waals surface area contributed by atoms with Crippen molar-refractivity contribution in [2.75, 3.05) is 20.3 Å². The van der Waals surface area contributed by atoms with Gasteiger partial charge < -0.3 is 15.2 Å². The molecule has 4 heteroatoms. The molecule has 1 heterocycles. The predicted octanol–water partition coefficient (Wildman–Crippen LogP) is 2.87. The molecule has 2 aromatic rings. The standard InChI is InChI=1S/C17H22N2O2/c1-13-11-15(7-9-18)12-19-17(13)21-16-5-3-14(4-6-16)8-10-20-2/h3-6,11-12H,7-10,18H2,1-2H3. The van der Waals surface area contributed by atoms with Gasteiger partial charge in [-0.3, -0.25) is 0 Å². The summed E-state index contributed by atoms with van der Waals surface area (Å²) in [6.45, 7) is 3.35. The van der Waals surface area contributed by atoms with Crippen LogP contribution in [0.4, 0.5) is 0 Å². The van der Waals surface area contributed by atoms with Gasteiger partial charge in [0, 0.05) is 18.9 Å². The van der Waals surface area contributed by atoms with Crippen LogP contribution in [0.15, 0.2) is 36.5 Å². The predicted molar refractivity (Wildman–Crippen MR) is 83.8 cm³/mol. The first-order valence-corrected chi connectivity index (χ1v) is 7.14. The lowest BCUT2D eigenvalue weighted by atomic mass is 10.1. The number of rotatable bonds is 7. The Hall–Kier alpha value is -1.91. The monoisotopic (exact) mass is 286 g/mol. The molecule has 21 heavy (non-hydrogen) atoms. The first kappa shape index (κ1) is 15.5. The third kappa shape index (κ3) is 4.55. The van der Waals surface area contributed by atoms with Crippen LogP contribution in [0.5, 0.6) is 11.6 Å². The summed E-state index contributed by atoms with van der Waals surface area (Å²) in [5.74, 6) is 1.43. The summed E-state index contributed by atoms with van der Waals surface area (Å²) >= 11 is 0. The van der Waals surface area contributed by atoms with Gasteiger partial charge in [-0.25, -0.2) is 4.98 Å². The second kappa shape index (κ2) is 7.76. The van der Waals surface area contributed by atoms with E-state index in [1.165, 1.54) is 5.56 Å². The molecular weight excluding hydrogens is 264 g/mol. The minimum absolute atomic E-state index is 0.629. The van der Waals surface area contributed by atoms with Crippen molar-refractivity contribution >= 4 is 0 Å². The molecule has 0 fully saturated rings. The van der Waals surface area contributed by atoms with Gasteiger partial charge in [0.1, 0.15) is 5.75 Å². The summed E-state index contributed by atoms with van der Waals surface area (Å²) in [7, 11) is 1.71. The fraction of sp³-hybridized carbons (Fsp3) is 0.353. The van der Waals surface area contributed by atoms with Crippen molar-refractivity contribution < 1.29 is 9.47 Å². The van der Waals surface area contributed by atoms with Crippen LogP contribution in [0.3, 0.4) is 0 Å². The molecule has 0 aliphatic carbocycles. The Morgan fingerprint density at radius 3 is 2.48 bits per heavy atom. The van der Waals surface area contributed by atoms with Crippen LogP contribution in [0, 0.1) is 6.92 Å². The number of hydrogen-bond acceptors (Lipinski definition) is 4. The molecule has 0 atom stereocenters. The number of nitrogens with two attached hydrogens (primary N) is 1. The Bertz CT molecular complexity index is 568. The molecule has 2 rings (SSSR count). The van der Waals surface area contributed by atoms with Crippen molar-refractivity contribution in [1.82, 2.24) is 4.98 Å². The maximum Gasteiger partial charge on any atom is 0.222 e. The second-order valence-corrected chi connectivity index (χ2v) is 4.99. The molecule has 0 saturated heterocycles. The highest BCUT2D eigenvalue weighted by atomic mass is 16.5. The average molecular weight is 286 g/mol. The molecule has 1 aromatic carbocycles. The van der Waals surface area contributed by atoms with Gasteiger partial charge in [0.15, 0.2) is 0 Å². The van der Waals surface area contributed by atoms with Gasteiger partial charge in [-0.05, 0) is 55.6 Å². The summed E-state index contributed by atoms with van der Waals surface area (Å²) < 4.78 is 10.9. The van der Waals surface area contributed by atoms with E-state index >= 15 is 0 Å². The third-order valence-corrected chi connectivity index (χ3v) is 3.25. The van der Waals surface area contributed by atoms with Crippen molar-refractivity contribution in [1.29, 1.82) is 0 Å². The molecule has 0 bridgehead atoms. The van der Waals surface area contributed by atoms with Gasteiger partial charge in [0.2, 0.25) is 5.88 Å². The zero-order valence-corrected chi connectivity index (χ0v) is 12.6. The molecule has 0 saturated carbocycles. The number of aryl methyl sites for hydroxylation is 1. The molecule has 0 unspecified atom stereocenters. The normalized spacial score (nSPS) is 10.6. The van der Waals surface area contributed by atoms with Gasteiger partial charge >= 0.3 is 0 Å².